The summed E-state index contributed by atoms with van der Waals surface area (Å²) in [6, 6.07) is 24.3. The summed E-state index contributed by atoms with van der Waals surface area (Å²) in [6.07, 6.45) is 1.08. The summed E-state index contributed by atoms with van der Waals surface area (Å²) in [5.41, 5.74) is 2.00. The Morgan fingerprint density at radius 1 is 0.655 bits per heavy atom. The Morgan fingerprint density at radius 2 is 1.07 bits per heavy atom. The number of sulfone groups is 1. The Balaban J connectivity index is 1.92. The van der Waals surface area contributed by atoms with Crippen LogP contribution < -0.4 is 4.72 Å². The van der Waals surface area contributed by atoms with Crippen molar-refractivity contribution >= 4 is 19.9 Å². The van der Waals surface area contributed by atoms with Crippen LogP contribution in [0.5, 0.6) is 0 Å². The molecule has 0 saturated carbocycles. The van der Waals surface area contributed by atoms with Gasteiger partial charge in [-0.05, 0) is 42.3 Å². The van der Waals surface area contributed by atoms with Crippen molar-refractivity contribution in [2.24, 2.45) is 0 Å². The van der Waals surface area contributed by atoms with Crippen molar-refractivity contribution in [3.8, 4) is 0 Å². The highest BCUT2D eigenvalue weighted by Crippen LogP contribution is 2.29. The molecule has 0 unspecified atom stereocenters. The third-order valence-electron chi connectivity index (χ3n) is 4.72. The van der Waals surface area contributed by atoms with Crippen LogP contribution in [0, 0.1) is 0 Å². The molecule has 3 rings (SSSR count). The van der Waals surface area contributed by atoms with Gasteiger partial charge in [0.15, 0.2) is 9.84 Å². The molecule has 1 N–H and O–H groups in total. The fourth-order valence-corrected chi connectivity index (χ4v) is 5.22. The second kappa shape index (κ2) is 8.49. The van der Waals surface area contributed by atoms with Crippen LogP contribution in [-0.4, -0.2) is 29.1 Å². The van der Waals surface area contributed by atoms with E-state index >= 15 is 0 Å². The summed E-state index contributed by atoms with van der Waals surface area (Å²) in [7, 11) is -7.22. The minimum Gasteiger partial charge on any atom is -0.224 e. The van der Waals surface area contributed by atoms with E-state index in [-0.39, 0.29) is 15.7 Å². The molecule has 1 atom stereocenters. The molecule has 0 saturated heterocycles. The third kappa shape index (κ3) is 5.12. The fraction of sp³-hybridized carbons (Fsp3) is 0.182. The molecule has 5 nitrogen and oxygen atoms in total. The van der Waals surface area contributed by atoms with E-state index in [2.05, 4.69) is 4.72 Å². The second-order valence-electron chi connectivity index (χ2n) is 6.95. The van der Waals surface area contributed by atoms with E-state index in [0.717, 1.165) is 17.4 Å². The quantitative estimate of drug-likeness (QED) is 0.622. The zero-order valence-corrected chi connectivity index (χ0v) is 17.8. The Labute approximate surface area is 172 Å². The zero-order chi connectivity index (χ0) is 21.1. The van der Waals surface area contributed by atoms with Crippen molar-refractivity contribution in [3.63, 3.8) is 0 Å². The number of rotatable bonds is 7. The van der Waals surface area contributed by atoms with Gasteiger partial charge in [0.2, 0.25) is 10.0 Å². The summed E-state index contributed by atoms with van der Waals surface area (Å²) in [6.45, 7) is 1.83. The number of sulfonamides is 1. The molecule has 3 aromatic carbocycles. The lowest BCUT2D eigenvalue weighted by Crippen LogP contribution is -2.37. The van der Waals surface area contributed by atoms with E-state index < -0.39 is 25.9 Å². The van der Waals surface area contributed by atoms with Gasteiger partial charge in [0.1, 0.15) is 0 Å². The molecule has 0 heterocycles. The van der Waals surface area contributed by atoms with Crippen molar-refractivity contribution in [3.05, 3.63) is 96.1 Å². The summed E-state index contributed by atoms with van der Waals surface area (Å²) in [4.78, 5) is 0.104. The molecular formula is C22H23NO4S2. The molecule has 0 amide bonds. The maximum atomic E-state index is 12.9. The fourth-order valence-electron chi connectivity index (χ4n) is 3.34. The standard InChI is InChI=1S/C22H23NO4S2/c1-17(22(18-9-5-3-6-10-18)19-11-7-4-8-12-19)23-29(26,27)21-15-13-20(14-16-21)28(2,24)25/h3-17,22-23H,1-2H3/t17-/m1/s1. The van der Waals surface area contributed by atoms with Gasteiger partial charge in [-0.1, -0.05) is 60.7 Å². The molecule has 29 heavy (non-hydrogen) atoms. The number of hydrogen-bond donors (Lipinski definition) is 1. The van der Waals surface area contributed by atoms with Crippen LogP contribution in [0.1, 0.15) is 24.0 Å². The van der Waals surface area contributed by atoms with Gasteiger partial charge in [-0.3, -0.25) is 0 Å². The van der Waals surface area contributed by atoms with Gasteiger partial charge >= 0.3 is 0 Å². The van der Waals surface area contributed by atoms with Crippen LogP contribution in [0.15, 0.2) is 94.7 Å². The first-order valence-corrected chi connectivity index (χ1v) is 12.5. The van der Waals surface area contributed by atoms with Gasteiger partial charge in [-0.15, -0.1) is 0 Å². The predicted octanol–water partition coefficient (Wildman–Crippen LogP) is 3.59. The van der Waals surface area contributed by atoms with Gasteiger partial charge in [0, 0.05) is 18.2 Å². The smallest absolute Gasteiger partial charge is 0.224 e. The molecule has 3 aromatic rings. The first-order valence-electron chi connectivity index (χ1n) is 9.11. The summed E-state index contributed by atoms with van der Waals surface area (Å²) in [5, 5.41) is 0. The number of nitrogens with one attached hydrogen (secondary N) is 1. The van der Waals surface area contributed by atoms with E-state index in [9.17, 15) is 16.8 Å². The molecule has 0 aliphatic rings. The summed E-state index contributed by atoms with van der Waals surface area (Å²) >= 11 is 0. The van der Waals surface area contributed by atoms with Crippen molar-refractivity contribution in [1.29, 1.82) is 0 Å². The van der Waals surface area contributed by atoms with Gasteiger partial charge in [0.05, 0.1) is 9.79 Å². The van der Waals surface area contributed by atoms with Gasteiger partial charge in [0.25, 0.3) is 0 Å². The SMILES string of the molecule is C[C@@H](NS(=O)(=O)c1ccc(S(C)(=O)=O)cc1)C(c1ccccc1)c1ccccc1. The number of hydrogen-bond acceptors (Lipinski definition) is 4. The predicted molar refractivity (Wildman–Crippen MR) is 114 cm³/mol. The molecule has 0 aliphatic carbocycles. The molecule has 0 aromatic heterocycles. The van der Waals surface area contributed by atoms with Gasteiger partial charge in [-0.25, -0.2) is 21.6 Å². The highest BCUT2D eigenvalue weighted by Gasteiger charge is 2.26. The topological polar surface area (TPSA) is 80.3 Å². The highest BCUT2D eigenvalue weighted by atomic mass is 32.2. The zero-order valence-electron chi connectivity index (χ0n) is 16.2. The van der Waals surface area contributed by atoms with Crippen LogP contribution in [0.3, 0.4) is 0 Å². The van der Waals surface area contributed by atoms with Crippen LogP contribution in [0.25, 0.3) is 0 Å². The van der Waals surface area contributed by atoms with Crippen molar-refractivity contribution in [2.75, 3.05) is 6.26 Å². The minimum absolute atomic E-state index is 0.0247. The van der Waals surface area contributed by atoms with Crippen molar-refractivity contribution in [2.45, 2.75) is 28.7 Å². The summed E-state index contributed by atoms with van der Waals surface area (Å²) < 4.78 is 51.8. The van der Waals surface area contributed by atoms with E-state index in [0.29, 0.717) is 0 Å². The first kappa shape index (κ1) is 21.2. The van der Waals surface area contributed by atoms with Gasteiger partial charge < -0.3 is 0 Å². The molecule has 0 spiro atoms. The Morgan fingerprint density at radius 3 is 1.48 bits per heavy atom. The monoisotopic (exact) mass is 429 g/mol. The lowest BCUT2D eigenvalue weighted by atomic mass is 9.86. The van der Waals surface area contributed by atoms with E-state index in [4.69, 9.17) is 0 Å². The molecule has 0 bridgehead atoms. The average molecular weight is 430 g/mol. The molecule has 7 heteroatoms. The maximum Gasteiger partial charge on any atom is 0.240 e. The molecule has 0 fully saturated rings. The number of benzene rings is 3. The highest BCUT2D eigenvalue weighted by molar-refractivity contribution is 7.90. The molecule has 0 radical (unpaired) electrons. The lowest BCUT2D eigenvalue weighted by Gasteiger charge is -2.26. The van der Waals surface area contributed by atoms with Crippen LogP contribution >= 0.6 is 0 Å². The van der Waals surface area contributed by atoms with E-state index in [1.54, 1.807) is 0 Å². The maximum absolute atomic E-state index is 12.9. The van der Waals surface area contributed by atoms with Gasteiger partial charge in [-0.2, -0.15) is 0 Å². The van der Waals surface area contributed by atoms with Crippen molar-refractivity contribution < 1.29 is 16.8 Å². The van der Waals surface area contributed by atoms with E-state index in [1.807, 2.05) is 67.6 Å². The third-order valence-corrected chi connectivity index (χ3v) is 7.42. The first-order chi connectivity index (χ1) is 13.7. The Bertz CT molecular complexity index is 1120. The lowest BCUT2D eigenvalue weighted by molar-refractivity contribution is 0.538. The largest absolute Gasteiger partial charge is 0.240 e. The Kier molecular flexibility index (Phi) is 6.21. The second-order valence-corrected chi connectivity index (χ2v) is 10.7. The van der Waals surface area contributed by atoms with Crippen LogP contribution in [0.4, 0.5) is 0 Å². The Hall–Kier alpha value is -2.48. The molecular weight excluding hydrogens is 406 g/mol. The molecule has 152 valence electrons. The minimum atomic E-state index is -3.83. The normalized spacial score (nSPS) is 13.3. The summed E-state index contributed by atoms with van der Waals surface area (Å²) in [5.74, 6) is -0.178. The van der Waals surface area contributed by atoms with E-state index in [1.165, 1.54) is 24.3 Å². The van der Waals surface area contributed by atoms with Crippen molar-refractivity contribution in [1.82, 2.24) is 4.72 Å². The average Bonchev–Trinajstić information content (AvgIpc) is 2.69. The van der Waals surface area contributed by atoms with Crippen LogP contribution in [-0.2, 0) is 19.9 Å². The van der Waals surface area contributed by atoms with Crippen LogP contribution in [0.2, 0.25) is 0 Å². The molecule has 0 aliphatic heterocycles.